The van der Waals surface area contributed by atoms with Crippen molar-refractivity contribution in [3.05, 3.63) is 58.1 Å². The Hall–Kier alpha value is -2.22. The van der Waals surface area contributed by atoms with Crippen LogP contribution in [0.1, 0.15) is 5.56 Å². The maximum absolute atomic E-state index is 11.8. The molecule has 0 bridgehead atoms. The van der Waals surface area contributed by atoms with Crippen molar-refractivity contribution < 1.29 is 9.53 Å². The first-order valence-electron chi connectivity index (χ1n) is 5.97. The van der Waals surface area contributed by atoms with Crippen LogP contribution in [-0.2, 0) is 4.79 Å². The van der Waals surface area contributed by atoms with Gasteiger partial charge in [0.15, 0.2) is 6.61 Å². The molecule has 2 aromatic carbocycles. The van der Waals surface area contributed by atoms with Crippen molar-refractivity contribution in [1.82, 2.24) is 0 Å². The molecule has 0 saturated heterocycles. The van der Waals surface area contributed by atoms with Gasteiger partial charge in [-0.15, -0.1) is 0 Å². The highest BCUT2D eigenvalue weighted by Gasteiger charge is 2.10. The molecule has 2 aromatic rings. The number of nitrogens with one attached hydrogen (secondary N) is 1. The van der Waals surface area contributed by atoms with Crippen LogP contribution in [0.25, 0.3) is 0 Å². The number of carbonyl (C=O) groups is 1. The predicted octanol–water partition coefficient (Wildman–Crippen LogP) is 3.88. The minimum atomic E-state index is -0.396. The van der Waals surface area contributed by atoms with E-state index in [4.69, 9.17) is 33.2 Å². The van der Waals surface area contributed by atoms with E-state index in [0.29, 0.717) is 22.0 Å². The molecule has 106 valence electrons. The van der Waals surface area contributed by atoms with Gasteiger partial charge in [-0.2, -0.15) is 5.26 Å². The number of amides is 1. The van der Waals surface area contributed by atoms with Crippen LogP contribution in [0, 0.1) is 11.3 Å². The van der Waals surface area contributed by atoms with Gasteiger partial charge in [-0.3, -0.25) is 4.79 Å². The minimum Gasteiger partial charge on any atom is -0.482 e. The number of para-hydroxylation sites is 1. The van der Waals surface area contributed by atoms with E-state index in [-0.39, 0.29) is 11.6 Å². The van der Waals surface area contributed by atoms with Crippen molar-refractivity contribution in [3.8, 4) is 11.8 Å². The summed E-state index contributed by atoms with van der Waals surface area (Å²) in [6.07, 6.45) is 0. The summed E-state index contributed by atoms with van der Waals surface area (Å²) in [5.41, 5.74) is 0.775. The fourth-order valence-corrected chi connectivity index (χ4v) is 1.96. The first-order valence-corrected chi connectivity index (χ1v) is 6.73. The molecule has 0 aliphatic carbocycles. The lowest BCUT2D eigenvalue weighted by Crippen LogP contribution is -2.20. The number of rotatable bonds is 4. The summed E-state index contributed by atoms with van der Waals surface area (Å²) in [7, 11) is 0. The van der Waals surface area contributed by atoms with Crippen molar-refractivity contribution >= 4 is 34.8 Å². The third-order valence-electron chi connectivity index (χ3n) is 2.59. The molecular weight excluding hydrogens is 311 g/mol. The molecule has 0 aliphatic rings. The van der Waals surface area contributed by atoms with Crippen LogP contribution in [0.2, 0.25) is 10.0 Å². The molecular formula is C15H10Cl2N2O2. The van der Waals surface area contributed by atoms with Gasteiger partial charge in [0.2, 0.25) is 0 Å². The van der Waals surface area contributed by atoms with Crippen LogP contribution in [0.4, 0.5) is 5.69 Å². The summed E-state index contributed by atoms with van der Waals surface area (Å²) in [6.45, 7) is -0.235. The highest BCUT2D eigenvalue weighted by molar-refractivity contribution is 6.43. The Morgan fingerprint density at radius 3 is 2.71 bits per heavy atom. The molecule has 1 amide bonds. The fourth-order valence-electron chi connectivity index (χ4n) is 1.61. The van der Waals surface area contributed by atoms with Gasteiger partial charge in [0.1, 0.15) is 11.8 Å². The summed E-state index contributed by atoms with van der Waals surface area (Å²) < 4.78 is 5.32. The van der Waals surface area contributed by atoms with Gasteiger partial charge >= 0.3 is 0 Å². The van der Waals surface area contributed by atoms with Gasteiger partial charge in [-0.1, -0.05) is 41.4 Å². The molecule has 21 heavy (non-hydrogen) atoms. The molecule has 0 saturated carbocycles. The Morgan fingerprint density at radius 1 is 1.19 bits per heavy atom. The molecule has 2 rings (SSSR count). The Balaban J connectivity index is 2.00. The molecule has 0 atom stereocenters. The molecule has 4 nitrogen and oxygen atoms in total. The van der Waals surface area contributed by atoms with E-state index >= 15 is 0 Å². The molecule has 0 radical (unpaired) electrons. The molecule has 0 aliphatic heterocycles. The molecule has 0 fully saturated rings. The van der Waals surface area contributed by atoms with E-state index in [1.54, 1.807) is 42.5 Å². The molecule has 0 heterocycles. The van der Waals surface area contributed by atoms with E-state index in [2.05, 4.69) is 5.32 Å². The number of nitrogens with zero attached hydrogens (tertiary/aromatic N) is 1. The lowest BCUT2D eigenvalue weighted by Gasteiger charge is -2.10. The van der Waals surface area contributed by atoms with E-state index in [9.17, 15) is 4.79 Å². The average Bonchev–Trinajstić information content (AvgIpc) is 2.50. The monoisotopic (exact) mass is 320 g/mol. The Kier molecular flexibility index (Phi) is 5.04. The average molecular weight is 321 g/mol. The summed E-state index contributed by atoms with van der Waals surface area (Å²) in [4.78, 5) is 11.8. The summed E-state index contributed by atoms with van der Waals surface area (Å²) in [5.74, 6) is -0.0424. The first-order chi connectivity index (χ1) is 10.1. The number of halogens is 2. The second kappa shape index (κ2) is 6.98. The smallest absolute Gasteiger partial charge is 0.262 e. The SMILES string of the molecule is N#Cc1ccccc1OCC(=O)Nc1cccc(Cl)c1Cl. The van der Waals surface area contributed by atoms with Gasteiger partial charge in [0, 0.05) is 0 Å². The van der Waals surface area contributed by atoms with Gasteiger partial charge in [0.25, 0.3) is 5.91 Å². The molecule has 0 spiro atoms. The number of hydrogen-bond donors (Lipinski definition) is 1. The predicted molar refractivity (Wildman–Crippen MR) is 81.7 cm³/mol. The number of benzene rings is 2. The van der Waals surface area contributed by atoms with Crippen molar-refractivity contribution in [2.24, 2.45) is 0 Å². The number of hydrogen-bond acceptors (Lipinski definition) is 3. The fraction of sp³-hybridized carbons (Fsp3) is 0.0667. The Labute approximate surface area is 131 Å². The van der Waals surface area contributed by atoms with E-state index in [0.717, 1.165) is 0 Å². The first kappa shape index (κ1) is 15.2. The van der Waals surface area contributed by atoms with Crippen molar-refractivity contribution in [3.63, 3.8) is 0 Å². The quantitative estimate of drug-likeness (QED) is 0.929. The maximum atomic E-state index is 11.8. The van der Waals surface area contributed by atoms with Crippen LogP contribution in [0.3, 0.4) is 0 Å². The van der Waals surface area contributed by atoms with Crippen molar-refractivity contribution in [2.45, 2.75) is 0 Å². The van der Waals surface area contributed by atoms with Crippen LogP contribution in [0.5, 0.6) is 5.75 Å². The Morgan fingerprint density at radius 2 is 1.95 bits per heavy atom. The van der Waals surface area contributed by atoms with E-state index in [1.807, 2.05) is 6.07 Å². The van der Waals surface area contributed by atoms with Gasteiger partial charge in [0.05, 0.1) is 21.3 Å². The molecule has 0 unspecified atom stereocenters. The second-order valence-corrected chi connectivity index (χ2v) is 4.83. The number of nitriles is 1. The number of ether oxygens (including phenoxy) is 1. The lowest BCUT2D eigenvalue weighted by molar-refractivity contribution is -0.118. The highest BCUT2D eigenvalue weighted by Crippen LogP contribution is 2.29. The summed E-state index contributed by atoms with van der Waals surface area (Å²) >= 11 is 11.8. The van der Waals surface area contributed by atoms with Gasteiger partial charge < -0.3 is 10.1 Å². The van der Waals surface area contributed by atoms with Gasteiger partial charge in [-0.05, 0) is 24.3 Å². The second-order valence-electron chi connectivity index (χ2n) is 4.05. The van der Waals surface area contributed by atoms with Gasteiger partial charge in [-0.25, -0.2) is 0 Å². The zero-order valence-corrected chi connectivity index (χ0v) is 12.3. The van der Waals surface area contributed by atoms with Crippen molar-refractivity contribution in [2.75, 3.05) is 11.9 Å². The zero-order chi connectivity index (χ0) is 15.2. The summed E-state index contributed by atoms with van der Waals surface area (Å²) in [6, 6.07) is 13.6. The largest absolute Gasteiger partial charge is 0.482 e. The molecule has 6 heteroatoms. The minimum absolute atomic E-state index is 0.235. The van der Waals surface area contributed by atoms with Crippen LogP contribution < -0.4 is 10.1 Å². The Bertz CT molecular complexity index is 711. The number of anilines is 1. The molecule has 0 aromatic heterocycles. The van der Waals surface area contributed by atoms with Crippen LogP contribution >= 0.6 is 23.2 Å². The van der Waals surface area contributed by atoms with E-state index < -0.39 is 5.91 Å². The lowest BCUT2D eigenvalue weighted by atomic mass is 10.2. The number of carbonyl (C=O) groups excluding carboxylic acids is 1. The zero-order valence-electron chi connectivity index (χ0n) is 10.8. The summed E-state index contributed by atoms with van der Waals surface area (Å²) in [5, 5.41) is 12.1. The molecule has 1 N–H and O–H groups in total. The highest BCUT2D eigenvalue weighted by atomic mass is 35.5. The van der Waals surface area contributed by atoms with Crippen LogP contribution in [0.15, 0.2) is 42.5 Å². The third kappa shape index (κ3) is 3.88. The van der Waals surface area contributed by atoms with Crippen LogP contribution in [-0.4, -0.2) is 12.5 Å². The normalized spacial score (nSPS) is 9.76. The third-order valence-corrected chi connectivity index (χ3v) is 3.41. The standard InChI is InChI=1S/C15H10Cl2N2O2/c16-11-5-3-6-12(15(11)17)19-14(20)9-21-13-7-2-1-4-10(13)8-18/h1-7H,9H2,(H,19,20). The topological polar surface area (TPSA) is 62.1 Å². The maximum Gasteiger partial charge on any atom is 0.262 e. The van der Waals surface area contributed by atoms with E-state index in [1.165, 1.54) is 0 Å². The van der Waals surface area contributed by atoms with Crippen molar-refractivity contribution in [1.29, 1.82) is 5.26 Å².